The number of likely N-dealkylation sites (tertiary alicyclic amines) is 1. The van der Waals surface area contributed by atoms with E-state index in [-0.39, 0.29) is 12.4 Å². The van der Waals surface area contributed by atoms with Gasteiger partial charge in [-0.1, -0.05) is 6.42 Å². The highest BCUT2D eigenvalue weighted by molar-refractivity contribution is 7.13. The summed E-state index contributed by atoms with van der Waals surface area (Å²) in [5, 5.41) is 8.85. The number of hydrogen-bond donors (Lipinski definition) is 1. The first-order valence-corrected chi connectivity index (χ1v) is 6.54. The summed E-state index contributed by atoms with van der Waals surface area (Å²) in [6, 6.07) is 4.27. The average molecular weight is 276 g/mol. The Labute approximate surface area is 112 Å². The van der Waals surface area contributed by atoms with Crippen molar-refractivity contribution in [2.45, 2.75) is 38.8 Å². The highest BCUT2D eigenvalue weighted by Crippen LogP contribution is 2.23. The lowest BCUT2D eigenvalue weighted by Gasteiger charge is -2.32. The van der Waals surface area contributed by atoms with Gasteiger partial charge in [0.2, 0.25) is 0 Å². The SMILES string of the molecule is CC1CCCCN1Cc1ccc(C(=O)O)s1.Cl. The van der Waals surface area contributed by atoms with Gasteiger partial charge >= 0.3 is 5.97 Å². The molecule has 1 aromatic heterocycles. The lowest BCUT2D eigenvalue weighted by Crippen LogP contribution is -2.36. The number of carbonyl (C=O) groups is 1. The highest BCUT2D eigenvalue weighted by atomic mass is 35.5. The summed E-state index contributed by atoms with van der Waals surface area (Å²) in [6.45, 7) is 4.30. The van der Waals surface area contributed by atoms with Crippen molar-refractivity contribution in [3.63, 3.8) is 0 Å². The van der Waals surface area contributed by atoms with Gasteiger partial charge in [-0.2, -0.15) is 0 Å². The van der Waals surface area contributed by atoms with Crippen LogP contribution in [0, 0.1) is 0 Å². The van der Waals surface area contributed by atoms with E-state index in [2.05, 4.69) is 11.8 Å². The Morgan fingerprint density at radius 3 is 2.88 bits per heavy atom. The number of thiophene rings is 1. The minimum atomic E-state index is -0.817. The van der Waals surface area contributed by atoms with Crippen molar-refractivity contribution in [1.29, 1.82) is 0 Å². The molecule has 1 aromatic rings. The Morgan fingerprint density at radius 2 is 2.29 bits per heavy atom. The average Bonchev–Trinajstić information content (AvgIpc) is 2.70. The first kappa shape index (κ1) is 14.5. The van der Waals surface area contributed by atoms with Crippen LogP contribution in [0.1, 0.15) is 40.7 Å². The van der Waals surface area contributed by atoms with Crippen molar-refractivity contribution in [1.82, 2.24) is 4.90 Å². The van der Waals surface area contributed by atoms with Gasteiger partial charge in [0.05, 0.1) is 0 Å². The molecule has 1 aliphatic heterocycles. The van der Waals surface area contributed by atoms with Crippen molar-refractivity contribution >= 4 is 29.7 Å². The Morgan fingerprint density at radius 1 is 1.53 bits per heavy atom. The molecule has 17 heavy (non-hydrogen) atoms. The van der Waals surface area contributed by atoms with Crippen LogP contribution in [0.2, 0.25) is 0 Å². The Hall–Kier alpha value is -0.580. The third kappa shape index (κ3) is 3.69. The van der Waals surface area contributed by atoms with Crippen LogP contribution in [0.4, 0.5) is 0 Å². The van der Waals surface area contributed by atoms with E-state index < -0.39 is 5.97 Å². The zero-order valence-corrected chi connectivity index (χ0v) is 11.5. The molecular weight excluding hydrogens is 258 g/mol. The van der Waals surface area contributed by atoms with Crippen LogP contribution in [0.3, 0.4) is 0 Å². The Balaban J connectivity index is 0.00000144. The first-order chi connectivity index (χ1) is 7.66. The quantitative estimate of drug-likeness (QED) is 0.921. The molecule has 1 atom stereocenters. The summed E-state index contributed by atoms with van der Waals surface area (Å²) in [5.74, 6) is -0.817. The van der Waals surface area contributed by atoms with E-state index in [0.29, 0.717) is 10.9 Å². The van der Waals surface area contributed by atoms with Crippen molar-refractivity contribution in [2.24, 2.45) is 0 Å². The van der Waals surface area contributed by atoms with Crippen LogP contribution in [-0.2, 0) is 6.54 Å². The van der Waals surface area contributed by atoms with Gasteiger partial charge in [0.15, 0.2) is 0 Å². The highest BCUT2D eigenvalue weighted by Gasteiger charge is 2.19. The predicted octanol–water partition coefficient (Wildman–Crippen LogP) is 3.24. The van der Waals surface area contributed by atoms with Crippen molar-refractivity contribution in [3.05, 3.63) is 21.9 Å². The summed E-state index contributed by atoms with van der Waals surface area (Å²) in [6.07, 6.45) is 3.85. The number of halogens is 1. The van der Waals surface area contributed by atoms with Crippen molar-refractivity contribution in [3.8, 4) is 0 Å². The number of piperidine rings is 1. The van der Waals surface area contributed by atoms with Gasteiger partial charge in [0.1, 0.15) is 4.88 Å². The molecule has 1 N–H and O–H groups in total. The monoisotopic (exact) mass is 275 g/mol. The number of rotatable bonds is 3. The molecule has 1 saturated heterocycles. The number of nitrogens with zero attached hydrogens (tertiary/aromatic N) is 1. The van der Waals surface area contributed by atoms with E-state index >= 15 is 0 Å². The second kappa shape index (κ2) is 6.38. The van der Waals surface area contributed by atoms with Gasteiger partial charge in [0.25, 0.3) is 0 Å². The molecule has 2 heterocycles. The van der Waals surface area contributed by atoms with Crippen LogP contribution >= 0.6 is 23.7 Å². The van der Waals surface area contributed by atoms with E-state index in [1.807, 2.05) is 6.07 Å². The molecule has 0 amide bonds. The molecule has 1 fully saturated rings. The number of hydrogen-bond acceptors (Lipinski definition) is 3. The van der Waals surface area contributed by atoms with Crippen LogP contribution in [-0.4, -0.2) is 28.6 Å². The maximum Gasteiger partial charge on any atom is 0.345 e. The largest absolute Gasteiger partial charge is 0.477 e. The van der Waals surface area contributed by atoms with Crippen molar-refractivity contribution in [2.75, 3.05) is 6.54 Å². The van der Waals surface area contributed by atoms with E-state index in [1.165, 1.54) is 30.6 Å². The molecule has 5 heteroatoms. The van der Waals surface area contributed by atoms with Gasteiger partial charge < -0.3 is 5.11 Å². The molecule has 0 spiro atoms. The fraction of sp³-hybridized carbons (Fsp3) is 0.583. The van der Waals surface area contributed by atoms with Gasteiger partial charge in [-0.05, 0) is 38.4 Å². The van der Waals surface area contributed by atoms with Gasteiger partial charge in [-0.25, -0.2) is 4.79 Å². The maximum absolute atomic E-state index is 10.8. The standard InChI is InChI=1S/C12H17NO2S.ClH/c1-9-4-2-3-7-13(9)8-10-5-6-11(16-10)12(14)15;/h5-6,9H,2-4,7-8H2,1H3,(H,14,15);1H. The molecule has 0 aromatic carbocycles. The summed E-state index contributed by atoms with van der Waals surface area (Å²) < 4.78 is 0. The summed E-state index contributed by atoms with van der Waals surface area (Å²) >= 11 is 1.40. The normalized spacial score (nSPS) is 20.9. The van der Waals surface area contributed by atoms with Crippen LogP contribution in [0.15, 0.2) is 12.1 Å². The molecule has 2 rings (SSSR count). The van der Waals surface area contributed by atoms with Gasteiger partial charge in [-0.15, -0.1) is 23.7 Å². The predicted molar refractivity (Wildman–Crippen MR) is 72.2 cm³/mol. The fourth-order valence-electron chi connectivity index (χ4n) is 2.17. The molecule has 0 radical (unpaired) electrons. The molecule has 1 unspecified atom stereocenters. The van der Waals surface area contributed by atoms with Gasteiger partial charge in [0, 0.05) is 17.5 Å². The number of carboxylic acids is 1. The number of carboxylic acid groups (broad SMARTS) is 1. The molecule has 1 aliphatic rings. The van der Waals surface area contributed by atoms with Crippen LogP contribution < -0.4 is 0 Å². The zero-order valence-electron chi connectivity index (χ0n) is 9.89. The van der Waals surface area contributed by atoms with Gasteiger partial charge in [-0.3, -0.25) is 4.90 Å². The Kier molecular flexibility index (Phi) is 5.43. The van der Waals surface area contributed by atoms with Crippen LogP contribution in [0.5, 0.6) is 0 Å². The molecule has 0 aliphatic carbocycles. The lowest BCUT2D eigenvalue weighted by atomic mass is 10.0. The second-order valence-electron chi connectivity index (χ2n) is 4.39. The summed E-state index contributed by atoms with van der Waals surface area (Å²) in [5.41, 5.74) is 0. The maximum atomic E-state index is 10.8. The summed E-state index contributed by atoms with van der Waals surface area (Å²) in [4.78, 5) is 14.8. The molecular formula is C12H18ClNO2S. The minimum absolute atomic E-state index is 0. The topological polar surface area (TPSA) is 40.5 Å². The smallest absolute Gasteiger partial charge is 0.345 e. The van der Waals surface area contributed by atoms with E-state index in [0.717, 1.165) is 18.0 Å². The molecule has 0 bridgehead atoms. The fourth-order valence-corrected chi connectivity index (χ4v) is 3.04. The van der Waals surface area contributed by atoms with E-state index in [9.17, 15) is 4.79 Å². The van der Waals surface area contributed by atoms with E-state index in [4.69, 9.17) is 5.11 Å². The molecule has 0 saturated carbocycles. The number of aromatic carboxylic acids is 1. The summed E-state index contributed by atoms with van der Waals surface area (Å²) in [7, 11) is 0. The second-order valence-corrected chi connectivity index (χ2v) is 5.55. The Bertz CT molecular complexity index is 380. The van der Waals surface area contributed by atoms with E-state index in [1.54, 1.807) is 6.07 Å². The van der Waals surface area contributed by atoms with Crippen molar-refractivity contribution < 1.29 is 9.90 Å². The lowest BCUT2D eigenvalue weighted by molar-refractivity contribution is 0.0702. The third-order valence-electron chi connectivity index (χ3n) is 3.17. The van der Waals surface area contributed by atoms with Crippen LogP contribution in [0.25, 0.3) is 0 Å². The first-order valence-electron chi connectivity index (χ1n) is 5.73. The molecule has 3 nitrogen and oxygen atoms in total. The molecule has 96 valence electrons. The third-order valence-corrected chi connectivity index (χ3v) is 4.23. The zero-order chi connectivity index (χ0) is 11.5. The minimum Gasteiger partial charge on any atom is -0.477 e.